The molecule has 0 spiro atoms. The van der Waals surface area contributed by atoms with Crippen LogP contribution in [0.15, 0.2) is 59.1 Å². The van der Waals surface area contributed by atoms with E-state index in [0.717, 1.165) is 11.9 Å². The van der Waals surface area contributed by atoms with Crippen molar-refractivity contribution in [3.8, 4) is 11.1 Å². The molecule has 0 radical (unpaired) electrons. The van der Waals surface area contributed by atoms with Crippen molar-refractivity contribution in [3.05, 3.63) is 79.7 Å². The first-order valence-electron chi connectivity index (χ1n) is 10.5. The molecule has 0 saturated heterocycles. The maximum atomic E-state index is 13.2. The fourth-order valence-electron chi connectivity index (χ4n) is 4.63. The van der Waals surface area contributed by atoms with E-state index in [9.17, 15) is 4.79 Å². The van der Waals surface area contributed by atoms with Gasteiger partial charge in [0.05, 0.1) is 0 Å². The number of Topliss-reactive ketones (excluding diaryl/α,β-unsaturated/α-hetero) is 1. The number of nitrogens with zero attached hydrogens (tertiary/aromatic N) is 2. The Hall–Kier alpha value is -3.23. The first kappa shape index (κ1) is 20.7. The van der Waals surface area contributed by atoms with E-state index < -0.39 is 0 Å². The van der Waals surface area contributed by atoms with E-state index in [1.807, 2.05) is 30.3 Å². The fraction of sp³-hybridized carbons (Fsp3) is 0.185. The Bertz CT molecular complexity index is 1400. The van der Waals surface area contributed by atoms with Crippen LogP contribution in [0, 0.1) is 5.41 Å². The number of carbonyl (C=O) groups excluding carboxylic acids is 1. The molecule has 0 saturated carbocycles. The molecule has 158 valence electrons. The van der Waals surface area contributed by atoms with Crippen molar-refractivity contribution in [2.45, 2.75) is 19.3 Å². The number of anilines is 1. The number of hydrogen-bond acceptors (Lipinski definition) is 3. The van der Waals surface area contributed by atoms with Gasteiger partial charge in [0, 0.05) is 0 Å². The van der Waals surface area contributed by atoms with Gasteiger partial charge in [-0.1, -0.05) is 0 Å². The number of allylic oxidation sites excluding steroid dienone is 2. The molecule has 1 aromatic heterocycles. The second kappa shape index (κ2) is 7.43. The number of aliphatic imine (C=N–C) groups is 1. The van der Waals surface area contributed by atoms with Gasteiger partial charge >= 0.3 is 194 Å². The van der Waals surface area contributed by atoms with Crippen LogP contribution < -0.4 is 4.90 Å². The Morgan fingerprint density at radius 3 is 2.50 bits per heavy atom. The fourth-order valence-corrected chi connectivity index (χ4v) is 7.22. The molecule has 0 atom stereocenters. The van der Waals surface area contributed by atoms with Crippen LogP contribution in [-0.2, 0) is 5.41 Å². The van der Waals surface area contributed by atoms with E-state index in [1.54, 1.807) is 0 Å². The van der Waals surface area contributed by atoms with E-state index in [2.05, 4.69) is 68.0 Å². The molecule has 4 nitrogen and oxygen atoms in total. The standard InChI is InChI=1S/C27H23N3OSe/c1-27(2)24-11-16(30(3)4)9-10-19(24)22-13-17(32-26(22)27)12-21-23(14-29-15-28)18-7-5-6-8-20(18)25(21)31/h5-13,15,28H,1-4H3/b21-12-,28-15?. The summed E-state index contributed by atoms with van der Waals surface area (Å²) in [4.78, 5) is 19.2. The minimum absolute atomic E-state index is 0.00215. The predicted octanol–water partition coefficient (Wildman–Crippen LogP) is 5.06. The SMILES string of the molecule is CN(C)c1ccc2c(c1)C(C)(C)c1[se]c(/C=C3\C(=O)c4ccccc4C3=C=NC=N)cc1-2. The van der Waals surface area contributed by atoms with Gasteiger partial charge in [-0.3, -0.25) is 0 Å². The third kappa shape index (κ3) is 3.02. The van der Waals surface area contributed by atoms with Crippen LogP contribution in [0.2, 0.25) is 0 Å². The summed E-state index contributed by atoms with van der Waals surface area (Å²) in [5.41, 5.74) is 7.97. The summed E-state index contributed by atoms with van der Waals surface area (Å²) in [6.45, 7) is 4.61. The van der Waals surface area contributed by atoms with E-state index in [0.29, 0.717) is 16.7 Å². The average Bonchev–Trinajstić information content (AvgIpc) is 3.38. The topological polar surface area (TPSA) is 56.5 Å². The monoisotopic (exact) mass is 485 g/mol. The molecule has 0 bridgehead atoms. The summed E-state index contributed by atoms with van der Waals surface area (Å²) >= 11 is 0.127. The van der Waals surface area contributed by atoms with Crippen LogP contribution in [0.25, 0.3) is 22.8 Å². The molecule has 3 aromatic rings. The Labute approximate surface area is 193 Å². The number of nitrogens with one attached hydrogen (secondary N) is 1. The first-order valence-corrected chi connectivity index (χ1v) is 12.2. The number of benzene rings is 2. The second-order valence-electron chi connectivity index (χ2n) is 8.82. The zero-order valence-electron chi connectivity index (χ0n) is 18.5. The Morgan fingerprint density at radius 2 is 1.78 bits per heavy atom. The van der Waals surface area contributed by atoms with Gasteiger partial charge < -0.3 is 0 Å². The summed E-state index contributed by atoms with van der Waals surface area (Å²) in [5, 5.41) is 7.24. The van der Waals surface area contributed by atoms with Crippen LogP contribution in [0.5, 0.6) is 0 Å². The van der Waals surface area contributed by atoms with Crippen molar-refractivity contribution in [1.82, 2.24) is 0 Å². The molecule has 32 heavy (non-hydrogen) atoms. The van der Waals surface area contributed by atoms with Gasteiger partial charge in [0.2, 0.25) is 0 Å². The number of ketones is 1. The number of fused-ring (bicyclic) bond motifs is 4. The van der Waals surface area contributed by atoms with Crippen LogP contribution in [0.4, 0.5) is 5.69 Å². The Balaban J connectivity index is 1.64. The third-order valence-electron chi connectivity index (χ3n) is 6.28. The van der Waals surface area contributed by atoms with Crippen molar-refractivity contribution in [3.63, 3.8) is 0 Å². The first-order chi connectivity index (χ1) is 15.3. The van der Waals surface area contributed by atoms with Crippen LogP contribution in [0.3, 0.4) is 0 Å². The molecule has 0 unspecified atom stereocenters. The summed E-state index contributed by atoms with van der Waals surface area (Å²) in [5.74, 6) is 2.91. The van der Waals surface area contributed by atoms with Gasteiger partial charge in [-0.25, -0.2) is 0 Å². The van der Waals surface area contributed by atoms with Gasteiger partial charge in [0.1, 0.15) is 0 Å². The van der Waals surface area contributed by atoms with Crippen LogP contribution >= 0.6 is 0 Å². The molecule has 2 aliphatic rings. The summed E-state index contributed by atoms with van der Waals surface area (Å²) in [6, 6.07) is 16.5. The molecular formula is C27H23N3OSe. The van der Waals surface area contributed by atoms with Crippen molar-refractivity contribution in [2.24, 2.45) is 4.99 Å². The molecule has 5 rings (SSSR count). The van der Waals surface area contributed by atoms with Gasteiger partial charge in [-0.05, 0) is 0 Å². The van der Waals surface area contributed by atoms with Gasteiger partial charge in [-0.15, -0.1) is 0 Å². The minimum atomic E-state index is -0.0314. The van der Waals surface area contributed by atoms with Crippen molar-refractivity contribution >= 4 is 49.8 Å². The van der Waals surface area contributed by atoms with E-state index >= 15 is 0 Å². The quantitative estimate of drug-likeness (QED) is 0.245. The predicted molar refractivity (Wildman–Crippen MR) is 134 cm³/mol. The van der Waals surface area contributed by atoms with E-state index in [-0.39, 0.29) is 25.7 Å². The molecule has 1 N–H and O–H groups in total. The van der Waals surface area contributed by atoms with Crippen molar-refractivity contribution < 1.29 is 4.79 Å². The van der Waals surface area contributed by atoms with Gasteiger partial charge in [0.25, 0.3) is 0 Å². The molecule has 0 aliphatic heterocycles. The summed E-state index contributed by atoms with van der Waals surface area (Å²) in [6.07, 6.45) is 2.97. The molecular weight excluding hydrogens is 461 g/mol. The van der Waals surface area contributed by atoms with Crippen molar-refractivity contribution in [2.75, 3.05) is 19.0 Å². The van der Waals surface area contributed by atoms with Crippen LogP contribution in [0.1, 0.15) is 44.2 Å². The molecule has 2 aliphatic carbocycles. The molecule has 2 aromatic carbocycles. The van der Waals surface area contributed by atoms with Crippen LogP contribution in [-0.4, -0.2) is 46.6 Å². The Morgan fingerprint density at radius 1 is 1.03 bits per heavy atom. The van der Waals surface area contributed by atoms with E-state index in [1.165, 1.54) is 31.3 Å². The number of rotatable bonds is 3. The van der Waals surface area contributed by atoms with Gasteiger partial charge in [-0.2, -0.15) is 0 Å². The third-order valence-corrected chi connectivity index (χ3v) is 9.23. The van der Waals surface area contributed by atoms with Gasteiger partial charge in [0.15, 0.2) is 0 Å². The zero-order chi connectivity index (χ0) is 22.6. The normalized spacial score (nSPS) is 16.4. The zero-order valence-corrected chi connectivity index (χ0v) is 20.2. The Kier molecular flexibility index (Phi) is 4.79. The summed E-state index contributed by atoms with van der Waals surface area (Å²) in [7, 11) is 4.14. The van der Waals surface area contributed by atoms with E-state index in [4.69, 9.17) is 5.41 Å². The van der Waals surface area contributed by atoms with Crippen molar-refractivity contribution in [1.29, 1.82) is 5.41 Å². The maximum absolute atomic E-state index is 13.2. The molecule has 0 fully saturated rings. The number of carbonyl (C=O) groups is 1. The molecule has 1 heterocycles. The second-order valence-corrected chi connectivity index (χ2v) is 11.1. The summed E-state index contributed by atoms with van der Waals surface area (Å²) < 4.78 is 2.65. The average molecular weight is 484 g/mol. The molecule has 5 heteroatoms. The molecule has 0 amide bonds. The number of hydrogen-bond donors (Lipinski definition) is 1.